The summed E-state index contributed by atoms with van der Waals surface area (Å²) < 4.78 is 12.9. The van der Waals surface area contributed by atoms with E-state index in [9.17, 15) is 4.39 Å². The molecule has 0 unspecified atom stereocenters. The summed E-state index contributed by atoms with van der Waals surface area (Å²) in [5.74, 6) is 0.353. The van der Waals surface area contributed by atoms with Gasteiger partial charge in [-0.05, 0) is 31.5 Å². The average molecular weight is 393 g/mol. The first-order valence-electron chi connectivity index (χ1n) is 6.71. The lowest BCUT2D eigenvalue weighted by molar-refractivity contribution is 0.451. The molecule has 0 aliphatic heterocycles. The minimum Gasteiger partial charge on any atom is -0.370 e. The minimum atomic E-state index is -0.217. The Morgan fingerprint density at radius 1 is 1.20 bits per heavy atom. The molecule has 1 aromatic rings. The Bertz CT molecular complexity index is 425. The molecule has 0 saturated carbocycles. The lowest BCUT2D eigenvalue weighted by Crippen LogP contribution is -2.38. The van der Waals surface area contributed by atoms with Gasteiger partial charge < -0.3 is 10.6 Å². The van der Waals surface area contributed by atoms with Crippen molar-refractivity contribution in [3.05, 3.63) is 35.6 Å². The third kappa shape index (κ3) is 5.26. The molecule has 114 valence electrons. The van der Waals surface area contributed by atoms with Crippen LogP contribution in [0.25, 0.3) is 0 Å². The number of guanidine groups is 1. The topological polar surface area (TPSA) is 41.6 Å². The summed E-state index contributed by atoms with van der Waals surface area (Å²) in [6.07, 6.45) is 0. The van der Waals surface area contributed by atoms with E-state index in [1.54, 1.807) is 12.1 Å². The summed E-state index contributed by atoms with van der Waals surface area (Å²) in [5, 5.41) is 0. The van der Waals surface area contributed by atoms with Crippen LogP contribution in [-0.2, 0) is 5.41 Å². The van der Waals surface area contributed by atoms with Gasteiger partial charge in [-0.1, -0.05) is 26.0 Å². The van der Waals surface area contributed by atoms with Crippen molar-refractivity contribution in [2.75, 3.05) is 19.6 Å². The number of benzene rings is 1. The standard InChI is InChI=1S/C15H24FN3.HI/c1-5-19(6-2)14(17)18-11-15(3,4)12-7-9-13(16)10-8-12;/h7-10H,5-6,11H2,1-4H3,(H2,17,18);1H. The summed E-state index contributed by atoms with van der Waals surface area (Å²) in [7, 11) is 0. The van der Waals surface area contributed by atoms with Crippen molar-refractivity contribution < 1.29 is 4.39 Å². The molecule has 1 aromatic carbocycles. The van der Waals surface area contributed by atoms with Crippen LogP contribution >= 0.6 is 24.0 Å². The lowest BCUT2D eigenvalue weighted by atomic mass is 9.85. The van der Waals surface area contributed by atoms with Gasteiger partial charge in [0.1, 0.15) is 5.82 Å². The molecule has 0 saturated heterocycles. The van der Waals surface area contributed by atoms with Gasteiger partial charge in [-0.3, -0.25) is 4.99 Å². The van der Waals surface area contributed by atoms with E-state index >= 15 is 0 Å². The first-order chi connectivity index (χ1) is 8.90. The van der Waals surface area contributed by atoms with Gasteiger partial charge in [0.25, 0.3) is 0 Å². The molecule has 0 radical (unpaired) electrons. The van der Waals surface area contributed by atoms with Crippen LogP contribution in [0.3, 0.4) is 0 Å². The largest absolute Gasteiger partial charge is 0.370 e. The van der Waals surface area contributed by atoms with Crippen LogP contribution in [0, 0.1) is 5.82 Å². The number of hydrogen-bond donors (Lipinski definition) is 1. The molecule has 0 heterocycles. The minimum absolute atomic E-state index is 0. The predicted octanol–water partition coefficient (Wildman–Crippen LogP) is 3.38. The number of nitrogens with zero attached hydrogens (tertiary/aromatic N) is 2. The van der Waals surface area contributed by atoms with Gasteiger partial charge in [0.05, 0.1) is 6.54 Å². The number of hydrogen-bond acceptors (Lipinski definition) is 1. The van der Waals surface area contributed by atoms with Crippen molar-refractivity contribution in [3.63, 3.8) is 0 Å². The first-order valence-corrected chi connectivity index (χ1v) is 6.71. The quantitative estimate of drug-likeness (QED) is 0.474. The summed E-state index contributed by atoms with van der Waals surface area (Å²) in [6, 6.07) is 6.57. The fourth-order valence-electron chi connectivity index (χ4n) is 1.92. The van der Waals surface area contributed by atoms with Gasteiger partial charge in [0.15, 0.2) is 5.96 Å². The lowest BCUT2D eigenvalue weighted by Gasteiger charge is -2.25. The molecule has 2 N–H and O–H groups in total. The third-order valence-corrected chi connectivity index (χ3v) is 3.35. The van der Waals surface area contributed by atoms with Crippen molar-refractivity contribution in [2.45, 2.75) is 33.1 Å². The molecular formula is C15H25FIN3. The zero-order valence-electron chi connectivity index (χ0n) is 12.7. The van der Waals surface area contributed by atoms with E-state index in [4.69, 9.17) is 5.73 Å². The van der Waals surface area contributed by atoms with Crippen LogP contribution in [0.2, 0.25) is 0 Å². The second kappa shape index (κ2) is 8.44. The molecule has 0 fully saturated rings. The molecule has 0 bridgehead atoms. The molecule has 0 aliphatic carbocycles. The molecule has 0 spiro atoms. The molecule has 5 heteroatoms. The van der Waals surface area contributed by atoms with Crippen LogP contribution in [0.5, 0.6) is 0 Å². The predicted molar refractivity (Wildman–Crippen MR) is 94.3 cm³/mol. The molecule has 3 nitrogen and oxygen atoms in total. The highest BCUT2D eigenvalue weighted by molar-refractivity contribution is 14.0. The van der Waals surface area contributed by atoms with Crippen LogP contribution < -0.4 is 5.73 Å². The fourth-order valence-corrected chi connectivity index (χ4v) is 1.92. The Balaban J connectivity index is 0.00000361. The normalized spacial score (nSPS) is 11.9. The molecule has 0 aliphatic rings. The van der Waals surface area contributed by atoms with Crippen LogP contribution in [0.4, 0.5) is 4.39 Å². The summed E-state index contributed by atoms with van der Waals surface area (Å²) >= 11 is 0. The smallest absolute Gasteiger partial charge is 0.191 e. The van der Waals surface area contributed by atoms with Crippen molar-refractivity contribution in [1.82, 2.24) is 4.90 Å². The number of aliphatic imine (C=N–C) groups is 1. The zero-order chi connectivity index (χ0) is 14.5. The van der Waals surface area contributed by atoms with Crippen molar-refractivity contribution in [3.8, 4) is 0 Å². The SMILES string of the molecule is CCN(CC)C(N)=NCC(C)(C)c1ccc(F)cc1.I. The van der Waals surface area contributed by atoms with Crippen LogP contribution in [-0.4, -0.2) is 30.5 Å². The molecule has 0 aromatic heterocycles. The van der Waals surface area contributed by atoms with Gasteiger partial charge in [-0.2, -0.15) is 0 Å². The second-order valence-corrected chi connectivity index (χ2v) is 5.24. The Hall–Kier alpha value is -0.850. The van der Waals surface area contributed by atoms with E-state index < -0.39 is 0 Å². The monoisotopic (exact) mass is 393 g/mol. The van der Waals surface area contributed by atoms with E-state index in [1.807, 2.05) is 4.90 Å². The number of rotatable bonds is 5. The highest BCUT2D eigenvalue weighted by Crippen LogP contribution is 2.23. The molecule has 0 atom stereocenters. The molecular weight excluding hydrogens is 368 g/mol. The summed E-state index contributed by atoms with van der Waals surface area (Å²) in [6.45, 7) is 10.6. The van der Waals surface area contributed by atoms with E-state index in [0.717, 1.165) is 18.7 Å². The van der Waals surface area contributed by atoms with E-state index in [0.29, 0.717) is 12.5 Å². The summed E-state index contributed by atoms with van der Waals surface area (Å²) in [5.41, 5.74) is 6.86. The van der Waals surface area contributed by atoms with E-state index in [2.05, 4.69) is 32.7 Å². The van der Waals surface area contributed by atoms with Gasteiger partial charge in [0, 0.05) is 18.5 Å². The van der Waals surface area contributed by atoms with Gasteiger partial charge >= 0.3 is 0 Å². The fraction of sp³-hybridized carbons (Fsp3) is 0.533. The second-order valence-electron chi connectivity index (χ2n) is 5.24. The zero-order valence-corrected chi connectivity index (χ0v) is 15.0. The number of nitrogens with two attached hydrogens (primary N) is 1. The molecule has 1 rings (SSSR count). The Kier molecular flexibility index (Phi) is 8.08. The molecule has 0 amide bonds. The van der Waals surface area contributed by atoms with Crippen molar-refractivity contribution in [2.24, 2.45) is 10.7 Å². The van der Waals surface area contributed by atoms with Crippen LogP contribution in [0.15, 0.2) is 29.3 Å². The first kappa shape index (κ1) is 19.1. The number of halogens is 2. The van der Waals surface area contributed by atoms with E-state index in [-0.39, 0.29) is 35.2 Å². The Labute approximate surface area is 138 Å². The van der Waals surface area contributed by atoms with Gasteiger partial charge in [-0.25, -0.2) is 4.39 Å². The highest BCUT2D eigenvalue weighted by atomic mass is 127. The average Bonchev–Trinajstić information content (AvgIpc) is 2.38. The van der Waals surface area contributed by atoms with Crippen molar-refractivity contribution in [1.29, 1.82) is 0 Å². The van der Waals surface area contributed by atoms with E-state index in [1.165, 1.54) is 12.1 Å². The summed E-state index contributed by atoms with van der Waals surface area (Å²) in [4.78, 5) is 6.48. The maximum absolute atomic E-state index is 12.9. The van der Waals surface area contributed by atoms with Gasteiger partial charge in [0.2, 0.25) is 0 Å². The Morgan fingerprint density at radius 2 is 1.70 bits per heavy atom. The Morgan fingerprint density at radius 3 is 2.15 bits per heavy atom. The maximum atomic E-state index is 12.9. The maximum Gasteiger partial charge on any atom is 0.191 e. The third-order valence-electron chi connectivity index (χ3n) is 3.35. The highest BCUT2D eigenvalue weighted by Gasteiger charge is 2.20. The van der Waals surface area contributed by atoms with Gasteiger partial charge in [-0.15, -0.1) is 24.0 Å². The molecule has 20 heavy (non-hydrogen) atoms. The van der Waals surface area contributed by atoms with Crippen LogP contribution in [0.1, 0.15) is 33.3 Å². The van der Waals surface area contributed by atoms with Crippen molar-refractivity contribution >= 4 is 29.9 Å².